The highest BCUT2D eigenvalue weighted by atomic mass is 32.2. The summed E-state index contributed by atoms with van der Waals surface area (Å²) < 4.78 is 37.7. The number of nitrogens with one attached hydrogen (secondary N) is 3. The molecule has 0 aliphatic carbocycles. The van der Waals surface area contributed by atoms with Crippen LogP contribution in [0.3, 0.4) is 0 Å². The van der Waals surface area contributed by atoms with Crippen molar-refractivity contribution in [1.82, 2.24) is 10.0 Å². The Morgan fingerprint density at radius 2 is 1.57 bits per heavy atom. The quantitative estimate of drug-likeness (QED) is 0.550. The summed E-state index contributed by atoms with van der Waals surface area (Å²) in [7, 11) is -0.869. The van der Waals surface area contributed by atoms with Crippen molar-refractivity contribution in [3.8, 4) is 11.5 Å². The second-order valence-corrected chi connectivity index (χ2v) is 8.20. The molecule has 0 aliphatic rings. The standard InChI is InChI=1S/C20H25N3O6S/c1-13(20(25)21-12-15-9-17(28-3)11-18(10-15)29-4)23-30(26,27)19-7-5-16(6-8-19)22-14(2)24/h5-11,13,23H,12H2,1-4H3,(H,21,25)(H,22,24)/t13-/m0/s1. The zero-order valence-corrected chi connectivity index (χ0v) is 18.0. The van der Waals surface area contributed by atoms with E-state index in [2.05, 4.69) is 15.4 Å². The summed E-state index contributed by atoms with van der Waals surface area (Å²) >= 11 is 0. The topological polar surface area (TPSA) is 123 Å². The fourth-order valence-corrected chi connectivity index (χ4v) is 3.79. The minimum atomic E-state index is -3.92. The number of carbonyl (C=O) groups excluding carboxylic acids is 2. The number of carbonyl (C=O) groups is 2. The fraction of sp³-hybridized carbons (Fsp3) is 0.300. The summed E-state index contributed by atoms with van der Waals surface area (Å²) in [5.41, 5.74) is 1.21. The van der Waals surface area contributed by atoms with E-state index in [0.29, 0.717) is 17.2 Å². The summed E-state index contributed by atoms with van der Waals surface area (Å²) in [6.45, 7) is 2.97. The molecule has 0 radical (unpaired) electrons. The van der Waals surface area contributed by atoms with Crippen molar-refractivity contribution in [1.29, 1.82) is 0 Å². The van der Waals surface area contributed by atoms with Gasteiger partial charge in [0.15, 0.2) is 0 Å². The maximum Gasteiger partial charge on any atom is 0.241 e. The number of benzene rings is 2. The highest BCUT2D eigenvalue weighted by Crippen LogP contribution is 2.22. The largest absolute Gasteiger partial charge is 0.497 e. The number of anilines is 1. The number of methoxy groups -OCH3 is 2. The molecule has 0 saturated carbocycles. The third-order valence-corrected chi connectivity index (χ3v) is 5.64. The molecule has 2 rings (SSSR count). The summed E-state index contributed by atoms with van der Waals surface area (Å²) in [6, 6.07) is 9.83. The van der Waals surface area contributed by atoms with E-state index in [1.165, 1.54) is 52.3 Å². The van der Waals surface area contributed by atoms with E-state index in [1.54, 1.807) is 18.2 Å². The highest BCUT2D eigenvalue weighted by molar-refractivity contribution is 7.89. The van der Waals surface area contributed by atoms with Gasteiger partial charge >= 0.3 is 0 Å². The van der Waals surface area contributed by atoms with E-state index in [4.69, 9.17) is 9.47 Å². The Kier molecular flexibility index (Phi) is 7.79. The van der Waals surface area contributed by atoms with Crippen molar-refractivity contribution < 1.29 is 27.5 Å². The third kappa shape index (κ3) is 6.46. The van der Waals surface area contributed by atoms with Gasteiger partial charge in [-0.15, -0.1) is 0 Å². The number of amides is 2. The molecule has 2 aromatic rings. The number of ether oxygens (including phenoxy) is 2. The van der Waals surface area contributed by atoms with Crippen LogP contribution >= 0.6 is 0 Å². The van der Waals surface area contributed by atoms with E-state index >= 15 is 0 Å². The van der Waals surface area contributed by atoms with Crippen molar-refractivity contribution in [2.24, 2.45) is 0 Å². The van der Waals surface area contributed by atoms with Crippen LogP contribution in [0.4, 0.5) is 5.69 Å². The van der Waals surface area contributed by atoms with E-state index in [1.807, 2.05) is 0 Å². The lowest BCUT2D eigenvalue weighted by atomic mass is 10.2. The summed E-state index contributed by atoms with van der Waals surface area (Å²) in [6.07, 6.45) is 0. The smallest absolute Gasteiger partial charge is 0.241 e. The maximum absolute atomic E-state index is 12.5. The molecule has 9 nitrogen and oxygen atoms in total. The monoisotopic (exact) mass is 435 g/mol. The Hall–Kier alpha value is -3.11. The molecule has 0 aliphatic heterocycles. The second kappa shape index (κ2) is 10.1. The number of hydrogen-bond acceptors (Lipinski definition) is 6. The molecule has 2 aromatic carbocycles. The first-order valence-electron chi connectivity index (χ1n) is 9.04. The first kappa shape index (κ1) is 23.2. The van der Waals surface area contributed by atoms with Crippen molar-refractivity contribution in [3.05, 3.63) is 48.0 Å². The van der Waals surface area contributed by atoms with Gasteiger partial charge in [-0.3, -0.25) is 9.59 Å². The van der Waals surface area contributed by atoms with Gasteiger partial charge in [0, 0.05) is 25.2 Å². The zero-order valence-electron chi connectivity index (χ0n) is 17.2. The van der Waals surface area contributed by atoms with Gasteiger partial charge in [-0.2, -0.15) is 4.72 Å². The molecule has 0 bridgehead atoms. The Morgan fingerprint density at radius 3 is 2.07 bits per heavy atom. The van der Waals surface area contributed by atoms with Gasteiger partial charge in [0.1, 0.15) is 11.5 Å². The molecular weight excluding hydrogens is 410 g/mol. The van der Waals surface area contributed by atoms with Gasteiger partial charge in [0.25, 0.3) is 0 Å². The Morgan fingerprint density at radius 1 is 1.00 bits per heavy atom. The van der Waals surface area contributed by atoms with Crippen LogP contribution in [0, 0.1) is 0 Å². The SMILES string of the molecule is COc1cc(CNC(=O)[C@H](C)NS(=O)(=O)c2ccc(NC(C)=O)cc2)cc(OC)c1. The van der Waals surface area contributed by atoms with Gasteiger partial charge < -0.3 is 20.1 Å². The molecule has 2 amide bonds. The predicted octanol–water partition coefficient (Wildman–Crippen LogP) is 1.65. The van der Waals surface area contributed by atoms with Crippen LogP contribution in [-0.4, -0.2) is 40.5 Å². The molecule has 0 saturated heterocycles. The van der Waals surface area contributed by atoms with Crippen LogP contribution in [0.25, 0.3) is 0 Å². The zero-order chi connectivity index (χ0) is 22.3. The third-order valence-electron chi connectivity index (χ3n) is 4.09. The van der Waals surface area contributed by atoms with Crippen molar-refractivity contribution in [2.75, 3.05) is 19.5 Å². The minimum Gasteiger partial charge on any atom is -0.497 e. The maximum atomic E-state index is 12.5. The molecular formula is C20H25N3O6S. The molecule has 0 spiro atoms. The summed E-state index contributed by atoms with van der Waals surface area (Å²) in [5, 5.41) is 5.24. The van der Waals surface area contributed by atoms with Crippen molar-refractivity contribution in [3.63, 3.8) is 0 Å². The predicted molar refractivity (Wildman–Crippen MR) is 112 cm³/mol. The average Bonchev–Trinajstić information content (AvgIpc) is 2.71. The normalized spacial score (nSPS) is 12.0. The summed E-state index contributed by atoms with van der Waals surface area (Å²) in [5.74, 6) is 0.406. The molecule has 0 fully saturated rings. The average molecular weight is 436 g/mol. The Bertz CT molecular complexity index is 983. The molecule has 0 aromatic heterocycles. The van der Waals surface area contributed by atoms with Crippen LogP contribution < -0.4 is 24.8 Å². The number of rotatable bonds is 9. The Balaban J connectivity index is 2.00. The van der Waals surface area contributed by atoms with Gasteiger partial charge in [-0.05, 0) is 48.9 Å². The van der Waals surface area contributed by atoms with Gasteiger partial charge in [0.05, 0.1) is 25.2 Å². The lowest BCUT2D eigenvalue weighted by molar-refractivity contribution is -0.122. The first-order chi connectivity index (χ1) is 14.1. The van der Waals surface area contributed by atoms with Crippen LogP contribution in [0.2, 0.25) is 0 Å². The van der Waals surface area contributed by atoms with E-state index in [9.17, 15) is 18.0 Å². The van der Waals surface area contributed by atoms with Crippen molar-refractivity contribution >= 4 is 27.5 Å². The van der Waals surface area contributed by atoms with Crippen LogP contribution in [0.15, 0.2) is 47.4 Å². The van der Waals surface area contributed by atoms with Crippen LogP contribution in [0.5, 0.6) is 11.5 Å². The molecule has 0 unspecified atom stereocenters. The molecule has 10 heteroatoms. The lowest BCUT2D eigenvalue weighted by Gasteiger charge is -2.15. The van der Waals surface area contributed by atoms with Crippen LogP contribution in [0.1, 0.15) is 19.4 Å². The molecule has 162 valence electrons. The van der Waals surface area contributed by atoms with Gasteiger partial charge in [0.2, 0.25) is 21.8 Å². The lowest BCUT2D eigenvalue weighted by Crippen LogP contribution is -2.44. The summed E-state index contributed by atoms with van der Waals surface area (Å²) in [4.78, 5) is 23.4. The highest BCUT2D eigenvalue weighted by Gasteiger charge is 2.22. The molecule has 30 heavy (non-hydrogen) atoms. The van der Waals surface area contributed by atoms with Gasteiger partial charge in [-0.1, -0.05) is 0 Å². The van der Waals surface area contributed by atoms with Gasteiger partial charge in [-0.25, -0.2) is 8.42 Å². The number of hydrogen-bond donors (Lipinski definition) is 3. The second-order valence-electron chi connectivity index (χ2n) is 6.49. The number of sulfonamides is 1. The van der Waals surface area contributed by atoms with E-state index in [0.717, 1.165) is 5.56 Å². The molecule has 0 heterocycles. The fourth-order valence-electron chi connectivity index (χ4n) is 2.59. The van der Waals surface area contributed by atoms with E-state index < -0.39 is 22.0 Å². The van der Waals surface area contributed by atoms with E-state index in [-0.39, 0.29) is 17.3 Å². The molecule has 1 atom stereocenters. The Labute approximate surface area is 175 Å². The molecule has 3 N–H and O–H groups in total. The first-order valence-corrected chi connectivity index (χ1v) is 10.5. The van der Waals surface area contributed by atoms with Crippen molar-refractivity contribution in [2.45, 2.75) is 31.3 Å². The minimum absolute atomic E-state index is 0.0196. The van der Waals surface area contributed by atoms with Crippen LogP contribution in [-0.2, 0) is 26.2 Å².